The molecule has 1 amide bonds. The predicted molar refractivity (Wildman–Crippen MR) is 81.9 cm³/mol. The Hall–Kier alpha value is -0.900. The zero-order valence-electron chi connectivity index (χ0n) is 12.6. The average Bonchev–Trinajstić information content (AvgIpc) is 2.67. The molecule has 0 saturated heterocycles. The molecule has 4 heteroatoms. The second-order valence-corrected chi connectivity index (χ2v) is 6.67. The Balaban J connectivity index is 2.63. The number of carbonyl (C=O) groups is 1. The van der Waals surface area contributed by atoms with Crippen LogP contribution in [0.3, 0.4) is 0 Å². The summed E-state index contributed by atoms with van der Waals surface area (Å²) in [7, 11) is 0. The Morgan fingerprint density at radius 3 is 2.58 bits per heavy atom. The lowest BCUT2D eigenvalue weighted by Crippen LogP contribution is -2.28. The summed E-state index contributed by atoms with van der Waals surface area (Å²) >= 11 is 4.30. The lowest BCUT2D eigenvalue weighted by Gasteiger charge is -2.25. The van der Waals surface area contributed by atoms with Gasteiger partial charge in [0.1, 0.15) is 0 Å². The minimum absolute atomic E-state index is 0.0364. The molecule has 0 saturated carbocycles. The van der Waals surface area contributed by atoms with Crippen LogP contribution in [-0.4, -0.2) is 17.0 Å². The first kappa shape index (κ1) is 16.2. The fraction of sp³-hybridized carbons (Fsp3) is 0.667. The van der Waals surface area contributed by atoms with Crippen molar-refractivity contribution in [3.05, 3.63) is 23.4 Å². The van der Waals surface area contributed by atoms with Gasteiger partial charge in [0.05, 0.1) is 6.61 Å². The third-order valence-corrected chi connectivity index (χ3v) is 3.44. The zero-order valence-corrected chi connectivity index (χ0v) is 13.5. The normalized spacial score (nSPS) is 18.9. The van der Waals surface area contributed by atoms with Crippen LogP contribution in [0, 0.1) is 11.3 Å². The van der Waals surface area contributed by atoms with Crippen LogP contribution in [0.25, 0.3) is 0 Å². The number of carbonyl (C=O) groups excluding carboxylic acids is 1. The van der Waals surface area contributed by atoms with Gasteiger partial charge in [-0.15, -0.1) is 0 Å². The molecule has 1 rings (SSSR count). The monoisotopic (exact) mass is 283 g/mol. The van der Waals surface area contributed by atoms with Gasteiger partial charge in [0.25, 0.3) is 0 Å². The van der Waals surface area contributed by atoms with Gasteiger partial charge in [-0.25, -0.2) is 9.10 Å². The summed E-state index contributed by atoms with van der Waals surface area (Å²) in [6.45, 7) is 10.7. The van der Waals surface area contributed by atoms with Crippen molar-refractivity contribution in [2.75, 3.05) is 6.61 Å². The summed E-state index contributed by atoms with van der Waals surface area (Å²) in [4.78, 5) is 12.0. The van der Waals surface area contributed by atoms with Crippen molar-refractivity contribution in [3.8, 4) is 0 Å². The van der Waals surface area contributed by atoms with Gasteiger partial charge in [-0.2, -0.15) is 0 Å². The molecule has 1 unspecified atom stereocenters. The van der Waals surface area contributed by atoms with E-state index in [0.717, 1.165) is 18.5 Å². The predicted octanol–water partition coefficient (Wildman–Crippen LogP) is 4.58. The van der Waals surface area contributed by atoms with Gasteiger partial charge in [0, 0.05) is 11.6 Å². The van der Waals surface area contributed by atoms with Crippen LogP contribution < -0.4 is 0 Å². The Bertz CT molecular complexity index is 393. The highest BCUT2D eigenvalue weighted by molar-refractivity contribution is 7.78. The maximum atomic E-state index is 12.0. The molecule has 0 spiro atoms. The summed E-state index contributed by atoms with van der Waals surface area (Å²) in [6.07, 6.45) is 5.72. The summed E-state index contributed by atoms with van der Waals surface area (Å²) < 4.78 is 6.64. The number of ether oxygens (including phenoxy) is 1. The molecule has 0 aromatic rings. The first-order valence-electron chi connectivity index (χ1n) is 6.80. The van der Waals surface area contributed by atoms with Crippen molar-refractivity contribution < 1.29 is 9.53 Å². The van der Waals surface area contributed by atoms with Crippen molar-refractivity contribution in [3.63, 3.8) is 0 Å². The molecule has 3 nitrogen and oxygen atoms in total. The van der Waals surface area contributed by atoms with E-state index < -0.39 is 6.09 Å². The van der Waals surface area contributed by atoms with E-state index in [9.17, 15) is 4.79 Å². The Kier molecular flexibility index (Phi) is 5.53. The molecule has 108 valence electrons. The first-order chi connectivity index (χ1) is 8.76. The third kappa shape index (κ3) is 4.60. The van der Waals surface area contributed by atoms with Crippen molar-refractivity contribution in [2.24, 2.45) is 11.3 Å². The molecule has 0 fully saturated rings. The van der Waals surface area contributed by atoms with Gasteiger partial charge in [0.15, 0.2) is 0 Å². The third-order valence-electron chi connectivity index (χ3n) is 3.05. The molecule has 0 aromatic heterocycles. The lowest BCUT2D eigenvalue weighted by molar-refractivity contribution is 0.0954. The number of allylic oxidation sites excluding steroid dienone is 3. The van der Waals surface area contributed by atoms with E-state index in [-0.39, 0.29) is 11.3 Å². The minimum Gasteiger partial charge on any atom is -0.448 e. The molecule has 1 aliphatic rings. The van der Waals surface area contributed by atoms with Gasteiger partial charge >= 0.3 is 6.09 Å². The average molecular weight is 283 g/mol. The molecule has 0 bridgehead atoms. The van der Waals surface area contributed by atoms with Crippen LogP contribution in [-0.2, 0) is 4.74 Å². The van der Waals surface area contributed by atoms with E-state index in [4.69, 9.17) is 4.74 Å². The van der Waals surface area contributed by atoms with Crippen molar-refractivity contribution >= 4 is 18.9 Å². The molecular formula is C15H25NO2S. The van der Waals surface area contributed by atoms with Crippen LogP contribution >= 0.6 is 12.8 Å². The summed E-state index contributed by atoms with van der Waals surface area (Å²) in [5, 5.41) is 0. The highest BCUT2D eigenvalue weighted by atomic mass is 32.1. The smallest absolute Gasteiger partial charge is 0.424 e. The van der Waals surface area contributed by atoms with E-state index in [0.29, 0.717) is 6.61 Å². The molecule has 0 aliphatic heterocycles. The first-order valence-corrected chi connectivity index (χ1v) is 7.20. The van der Waals surface area contributed by atoms with E-state index in [1.54, 1.807) is 0 Å². The number of nitrogens with zero attached hydrogens (tertiary/aromatic N) is 1. The topological polar surface area (TPSA) is 29.5 Å². The van der Waals surface area contributed by atoms with Crippen molar-refractivity contribution in [1.29, 1.82) is 0 Å². The zero-order chi connectivity index (χ0) is 14.6. The summed E-state index contributed by atoms with van der Waals surface area (Å²) in [6, 6.07) is 0. The maximum Gasteiger partial charge on any atom is 0.424 e. The van der Waals surface area contributed by atoms with Gasteiger partial charge in [-0.3, -0.25) is 0 Å². The SMILES string of the molecule is CCCC1C(C)=CC=C1N(S)C(=O)OCC(C)(C)C. The summed E-state index contributed by atoms with van der Waals surface area (Å²) in [5.74, 6) is 0.282. The largest absolute Gasteiger partial charge is 0.448 e. The Labute approximate surface area is 122 Å². The molecule has 0 N–H and O–H groups in total. The lowest BCUT2D eigenvalue weighted by atomic mass is 9.96. The van der Waals surface area contributed by atoms with Gasteiger partial charge in [0.2, 0.25) is 0 Å². The molecular weight excluding hydrogens is 258 g/mol. The number of thiol groups is 1. The number of rotatable bonds is 4. The molecule has 1 aliphatic carbocycles. The Morgan fingerprint density at radius 2 is 2.05 bits per heavy atom. The fourth-order valence-corrected chi connectivity index (χ4v) is 2.27. The second kappa shape index (κ2) is 6.51. The fourth-order valence-electron chi connectivity index (χ4n) is 2.01. The van der Waals surface area contributed by atoms with E-state index >= 15 is 0 Å². The van der Waals surface area contributed by atoms with Gasteiger partial charge < -0.3 is 4.74 Å². The molecule has 1 atom stereocenters. The number of hydrogen-bond acceptors (Lipinski definition) is 3. The molecule has 0 heterocycles. The van der Waals surface area contributed by atoms with Gasteiger partial charge in [-0.05, 0) is 24.8 Å². The van der Waals surface area contributed by atoms with Crippen LogP contribution in [0.2, 0.25) is 0 Å². The van der Waals surface area contributed by atoms with Crippen LogP contribution in [0.15, 0.2) is 23.4 Å². The highest BCUT2D eigenvalue weighted by Crippen LogP contribution is 2.34. The molecule has 0 aromatic carbocycles. The minimum atomic E-state index is -0.395. The molecule has 0 radical (unpaired) electrons. The second-order valence-electron chi connectivity index (χ2n) is 6.27. The number of amides is 1. The highest BCUT2D eigenvalue weighted by Gasteiger charge is 2.28. The maximum absolute atomic E-state index is 12.0. The van der Waals surface area contributed by atoms with Crippen molar-refractivity contribution in [1.82, 2.24) is 4.31 Å². The molecule has 19 heavy (non-hydrogen) atoms. The van der Waals surface area contributed by atoms with Crippen molar-refractivity contribution in [2.45, 2.75) is 47.5 Å². The van der Waals surface area contributed by atoms with E-state index in [2.05, 4.69) is 32.7 Å². The van der Waals surface area contributed by atoms with Crippen LogP contribution in [0.1, 0.15) is 47.5 Å². The van der Waals surface area contributed by atoms with E-state index in [1.165, 1.54) is 9.88 Å². The quantitative estimate of drug-likeness (QED) is 0.765. The number of hydrogen-bond donors (Lipinski definition) is 1. The Morgan fingerprint density at radius 1 is 1.42 bits per heavy atom. The van der Waals surface area contributed by atoms with Crippen LogP contribution in [0.5, 0.6) is 0 Å². The van der Waals surface area contributed by atoms with Gasteiger partial charge in [-0.1, -0.05) is 58.6 Å². The van der Waals surface area contributed by atoms with Crippen LogP contribution in [0.4, 0.5) is 4.79 Å². The summed E-state index contributed by atoms with van der Waals surface area (Å²) in [5.41, 5.74) is 2.16. The standard InChI is InChI=1S/C15H25NO2S/c1-6-7-12-11(2)8-9-13(12)16(19)14(17)18-10-15(3,4)5/h8-9,12,19H,6-7,10H2,1-5H3. The van der Waals surface area contributed by atoms with E-state index in [1.807, 2.05) is 26.8 Å².